The molecule has 8 nitrogen and oxygen atoms in total. The van der Waals surface area contributed by atoms with Gasteiger partial charge in [0, 0.05) is 46.8 Å². The third-order valence-corrected chi connectivity index (χ3v) is 5.85. The van der Waals surface area contributed by atoms with Gasteiger partial charge in [-0.2, -0.15) is 0 Å². The highest BCUT2D eigenvalue weighted by molar-refractivity contribution is 5.71. The zero-order chi connectivity index (χ0) is 20.7. The second-order valence-electron chi connectivity index (χ2n) is 8.06. The maximum absolute atomic E-state index is 13.0. The number of imidazole rings is 1. The molecular formula is C21H28N6O2. The van der Waals surface area contributed by atoms with E-state index in [9.17, 15) is 9.59 Å². The zero-order valence-corrected chi connectivity index (χ0v) is 17.6. The summed E-state index contributed by atoms with van der Waals surface area (Å²) in [4.78, 5) is 34.8. The minimum absolute atomic E-state index is 0.299. The van der Waals surface area contributed by atoms with Gasteiger partial charge >= 0.3 is 5.69 Å². The number of piperazine rings is 1. The van der Waals surface area contributed by atoms with Gasteiger partial charge in [0.1, 0.15) is 5.82 Å². The maximum Gasteiger partial charge on any atom is 0.332 e. The second-order valence-corrected chi connectivity index (χ2v) is 8.06. The van der Waals surface area contributed by atoms with Crippen molar-refractivity contribution in [3.8, 4) is 0 Å². The van der Waals surface area contributed by atoms with E-state index >= 15 is 0 Å². The number of aryl methyl sites for hydroxylation is 2. The summed E-state index contributed by atoms with van der Waals surface area (Å²) < 4.78 is 4.62. The van der Waals surface area contributed by atoms with Crippen LogP contribution in [0, 0.1) is 6.92 Å². The first kappa shape index (κ1) is 19.6. The molecule has 0 bridgehead atoms. The lowest BCUT2D eigenvalue weighted by atomic mass is 10.1. The van der Waals surface area contributed by atoms with E-state index in [0.29, 0.717) is 24.3 Å². The Morgan fingerprint density at radius 3 is 2.21 bits per heavy atom. The van der Waals surface area contributed by atoms with E-state index < -0.39 is 0 Å². The molecule has 1 aromatic carbocycles. The van der Waals surface area contributed by atoms with E-state index in [2.05, 4.69) is 48.0 Å². The van der Waals surface area contributed by atoms with Gasteiger partial charge in [0.2, 0.25) is 0 Å². The number of hydrogen-bond donors (Lipinski definition) is 0. The van der Waals surface area contributed by atoms with Crippen LogP contribution >= 0.6 is 0 Å². The highest BCUT2D eigenvalue weighted by Crippen LogP contribution is 2.17. The minimum Gasteiger partial charge on any atom is -0.317 e. The summed E-state index contributed by atoms with van der Waals surface area (Å²) >= 11 is 0. The van der Waals surface area contributed by atoms with Crippen molar-refractivity contribution >= 4 is 11.2 Å². The highest BCUT2D eigenvalue weighted by Gasteiger charge is 2.22. The number of likely N-dealkylation sites (N-methyl/N-ethyl adjacent to an activating group) is 1. The Hall–Kier alpha value is -2.71. The van der Waals surface area contributed by atoms with Crippen LogP contribution in [0.25, 0.3) is 11.2 Å². The zero-order valence-electron chi connectivity index (χ0n) is 17.6. The van der Waals surface area contributed by atoms with Crippen molar-refractivity contribution < 1.29 is 0 Å². The molecular weight excluding hydrogens is 368 g/mol. The molecule has 0 amide bonds. The van der Waals surface area contributed by atoms with E-state index in [4.69, 9.17) is 4.98 Å². The number of rotatable bonds is 4. The Bertz CT molecular complexity index is 1150. The third kappa shape index (κ3) is 3.65. The summed E-state index contributed by atoms with van der Waals surface area (Å²) in [5, 5.41) is 0. The minimum atomic E-state index is -0.353. The number of benzene rings is 1. The molecule has 1 saturated heterocycles. The molecule has 0 N–H and O–H groups in total. The number of hydrogen-bond acceptors (Lipinski definition) is 5. The summed E-state index contributed by atoms with van der Waals surface area (Å²) in [5.41, 5.74) is 2.58. The van der Waals surface area contributed by atoms with Gasteiger partial charge < -0.3 is 9.47 Å². The van der Waals surface area contributed by atoms with Gasteiger partial charge in [-0.05, 0) is 19.5 Å². The van der Waals surface area contributed by atoms with Crippen LogP contribution in [-0.2, 0) is 27.2 Å². The third-order valence-electron chi connectivity index (χ3n) is 5.85. The molecule has 3 heterocycles. The Kier molecular flexibility index (Phi) is 5.14. The smallest absolute Gasteiger partial charge is 0.317 e. The Labute approximate surface area is 169 Å². The maximum atomic E-state index is 13.0. The molecule has 2 aromatic heterocycles. The first-order valence-electron chi connectivity index (χ1n) is 9.96. The predicted molar refractivity (Wildman–Crippen MR) is 113 cm³/mol. The lowest BCUT2D eigenvalue weighted by Gasteiger charge is -2.32. The molecule has 154 valence electrons. The molecule has 0 radical (unpaired) electrons. The number of fused-ring (bicyclic) bond motifs is 1. The predicted octanol–water partition coefficient (Wildman–Crippen LogP) is 0.538. The van der Waals surface area contributed by atoms with Gasteiger partial charge in [0.15, 0.2) is 11.2 Å². The fourth-order valence-corrected chi connectivity index (χ4v) is 3.86. The molecule has 0 atom stereocenters. The van der Waals surface area contributed by atoms with Gasteiger partial charge in [-0.3, -0.25) is 18.8 Å². The first-order valence-corrected chi connectivity index (χ1v) is 9.96. The molecule has 1 fully saturated rings. The topological polar surface area (TPSA) is 68.3 Å². The van der Waals surface area contributed by atoms with Crippen molar-refractivity contribution in [1.29, 1.82) is 0 Å². The van der Waals surface area contributed by atoms with Crippen molar-refractivity contribution in [2.75, 3.05) is 33.2 Å². The normalized spacial score (nSPS) is 16.0. The SMILES string of the molecule is Cc1ccc(Cn2c(CN3CCN(C)CC3)nc3c2c(=O)n(C)c(=O)n3C)cc1. The average molecular weight is 396 g/mol. The van der Waals surface area contributed by atoms with E-state index in [1.54, 1.807) is 7.05 Å². The average Bonchev–Trinajstić information content (AvgIpc) is 3.06. The van der Waals surface area contributed by atoms with Gasteiger partial charge in [-0.1, -0.05) is 29.8 Å². The van der Waals surface area contributed by atoms with E-state index in [1.165, 1.54) is 17.2 Å². The Morgan fingerprint density at radius 1 is 0.897 bits per heavy atom. The summed E-state index contributed by atoms with van der Waals surface area (Å²) in [6.07, 6.45) is 0. The van der Waals surface area contributed by atoms with Crippen molar-refractivity contribution in [1.82, 2.24) is 28.5 Å². The molecule has 0 unspecified atom stereocenters. The molecule has 4 rings (SSSR count). The van der Waals surface area contributed by atoms with Crippen molar-refractivity contribution in [3.63, 3.8) is 0 Å². The largest absolute Gasteiger partial charge is 0.332 e. The molecule has 0 aliphatic carbocycles. The molecule has 0 saturated carbocycles. The fourth-order valence-electron chi connectivity index (χ4n) is 3.86. The standard InChI is InChI=1S/C21H28N6O2/c1-15-5-7-16(8-6-15)13-27-17(14-26-11-9-23(2)10-12-26)22-19-18(27)20(28)25(4)21(29)24(19)3/h5-8H,9-14H2,1-4H3. The van der Waals surface area contributed by atoms with Crippen LogP contribution in [0.2, 0.25) is 0 Å². The van der Waals surface area contributed by atoms with Crippen molar-refractivity contribution in [3.05, 3.63) is 62.1 Å². The monoisotopic (exact) mass is 396 g/mol. The molecule has 0 spiro atoms. The van der Waals surface area contributed by atoms with Gasteiger partial charge in [0.25, 0.3) is 5.56 Å². The van der Waals surface area contributed by atoms with Crippen LogP contribution in [-0.4, -0.2) is 61.7 Å². The summed E-state index contributed by atoms with van der Waals surface area (Å²) in [5.74, 6) is 0.823. The summed E-state index contributed by atoms with van der Waals surface area (Å²) in [6, 6.07) is 8.30. The van der Waals surface area contributed by atoms with Crippen molar-refractivity contribution in [2.45, 2.75) is 20.0 Å². The van der Waals surface area contributed by atoms with Gasteiger partial charge in [0.05, 0.1) is 6.54 Å². The fraction of sp³-hybridized carbons (Fsp3) is 0.476. The first-order chi connectivity index (χ1) is 13.8. The second kappa shape index (κ2) is 7.61. The van der Waals surface area contributed by atoms with Crippen LogP contribution in [0.3, 0.4) is 0 Å². The lowest BCUT2D eigenvalue weighted by molar-refractivity contribution is 0.144. The van der Waals surface area contributed by atoms with Gasteiger partial charge in [-0.25, -0.2) is 9.78 Å². The number of aromatic nitrogens is 4. The van der Waals surface area contributed by atoms with E-state index in [-0.39, 0.29) is 11.2 Å². The highest BCUT2D eigenvalue weighted by atomic mass is 16.2. The van der Waals surface area contributed by atoms with E-state index in [1.807, 2.05) is 4.57 Å². The van der Waals surface area contributed by atoms with Crippen LogP contribution in [0.4, 0.5) is 0 Å². The Morgan fingerprint density at radius 2 is 1.55 bits per heavy atom. The molecule has 3 aromatic rings. The van der Waals surface area contributed by atoms with Gasteiger partial charge in [-0.15, -0.1) is 0 Å². The van der Waals surface area contributed by atoms with Crippen LogP contribution in [0.1, 0.15) is 17.0 Å². The lowest BCUT2D eigenvalue weighted by Crippen LogP contribution is -2.44. The Balaban J connectivity index is 1.83. The number of nitrogens with zero attached hydrogens (tertiary/aromatic N) is 6. The molecule has 1 aliphatic rings. The molecule has 8 heteroatoms. The van der Waals surface area contributed by atoms with Crippen LogP contribution in [0.15, 0.2) is 33.9 Å². The van der Waals surface area contributed by atoms with Crippen LogP contribution in [0.5, 0.6) is 0 Å². The quantitative estimate of drug-likeness (QED) is 0.644. The summed E-state index contributed by atoms with van der Waals surface area (Å²) in [6.45, 7) is 7.21. The van der Waals surface area contributed by atoms with Crippen molar-refractivity contribution in [2.24, 2.45) is 14.1 Å². The molecule has 1 aliphatic heterocycles. The van der Waals surface area contributed by atoms with E-state index in [0.717, 1.165) is 42.1 Å². The molecule has 29 heavy (non-hydrogen) atoms. The van der Waals surface area contributed by atoms with Crippen LogP contribution < -0.4 is 11.2 Å². The summed E-state index contributed by atoms with van der Waals surface area (Å²) in [7, 11) is 5.32.